The Labute approximate surface area is 112 Å². The van der Waals surface area contributed by atoms with Gasteiger partial charge in [0.2, 0.25) is 5.91 Å². The lowest BCUT2D eigenvalue weighted by Crippen LogP contribution is -2.35. The third-order valence-corrected chi connectivity index (χ3v) is 2.71. The van der Waals surface area contributed by atoms with Crippen LogP contribution in [-0.2, 0) is 9.53 Å². The number of ether oxygens (including phenoxy) is 1. The van der Waals surface area contributed by atoms with Gasteiger partial charge in [0.15, 0.2) is 0 Å². The van der Waals surface area contributed by atoms with Gasteiger partial charge in [-0.05, 0) is 24.7 Å². The molecule has 0 fully saturated rings. The Morgan fingerprint density at radius 2 is 2.26 bits per heavy atom. The van der Waals surface area contributed by atoms with Gasteiger partial charge in [-0.25, -0.2) is 4.39 Å². The first-order chi connectivity index (χ1) is 9.06. The van der Waals surface area contributed by atoms with E-state index in [-0.39, 0.29) is 18.1 Å². The number of nitrogens with one attached hydrogen (secondary N) is 1. The Hall–Kier alpha value is -1.66. The van der Waals surface area contributed by atoms with Crippen LogP contribution in [0.4, 0.5) is 15.8 Å². The largest absolute Gasteiger partial charge is 0.397 e. The third-order valence-electron chi connectivity index (χ3n) is 2.71. The van der Waals surface area contributed by atoms with Gasteiger partial charge in [0.25, 0.3) is 0 Å². The highest BCUT2D eigenvalue weighted by Crippen LogP contribution is 2.18. The maximum absolute atomic E-state index is 12.9. The molecule has 0 saturated carbocycles. The number of hydrogen-bond acceptors (Lipinski definition) is 4. The number of methoxy groups -OCH3 is 1. The van der Waals surface area contributed by atoms with Crippen LogP contribution in [0.3, 0.4) is 0 Å². The van der Waals surface area contributed by atoms with Crippen molar-refractivity contribution in [3.05, 3.63) is 24.0 Å². The van der Waals surface area contributed by atoms with Crippen molar-refractivity contribution in [3.63, 3.8) is 0 Å². The fourth-order valence-corrected chi connectivity index (χ4v) is 1.61. The molecule has 0 radical (unpaired) electrons. The standard InChI is InChI=1S/C13H20FN3O2/c1-3-17(6-7-19-2)9-13(18)16-12-5-4-10(14)8-11(12)15/h4-5,8H,3,6-7,9,15H2,1-2H3,(H,16,18). The second-order valence-corrected chi connectivity index (χ2v) is 4.14. The van der Waals surface area contributed by atoms with Gasteiger partial charge in [-0.1, -0.05) is 6.92 Å². The smallest absolute Gasteiger partial charge is 0.238 e. The van der Waals surface area contributed by atoms with Crippen LogP contribution in [0.5, 0.6) is 0 Å². The van der Waals surface area contributed by atoms with Gasteiger partial charge >= 0.3 is 0 Å². The van der Waals surface area contributed by atoms with Crippen LogP contribution in [0.2, 0.25) is 0 Å². The molecule has 3 N–H and O–H groups in total. The molecule has 0 spiro atoms. The van der Waals surface area contributed by atoms with E-state index >= 15 is 0 Å². The molecule has 106 valence electrons. The van der Waals surface area contributed by atoms with Gasteiger partial charge in [0.05, 0.1) is 24.5 Å². The average molecular weight is 269 g/mol. The number of carbonyl (C=O) groups excluding carboxylic acids is 1. The molecule has 0 aromatic heterocycles. The van der Waals surface area contributed by atoms with Crippen molar-refractivity contribution in [2.24, 2.45) is 0 Å². The van der Waals surface area contributed by atoms with Gasteiger partial charge in [0, 0.05) is 13.7 Å². The highest BCUT2D eigenvalue weighted by Gasteiger charge is 2.10. The highest BCUT2D eigenvalue weighted by atomic mass is 19.1. The first-order valence-corrected chi connectivity index (χ1v) is 6.13. The summed E-state index contributed by atoms with van der Waals surface area (Å²) in [5.74, 6) is -0.609. The molecule has 0 saturated heterocycles. The fourth-order valence-electron chi connectivity index (χ4n) is 1.61. The van der Waals surface area contributed by atoms with Crippen molar-refractivity contribution in [1.82, 2.24) is 4.90 Å². The van der Waals surface area contributed by atoms with E-state index in [1.165, 1.54) is 18.2 Å². The van der Waals surface area contributed by atoms with Gasteiger partial charge in [-0.2, -0.15) is 0 Å². The maximum Gasteiger partial charge on any atom is 0.238 e. The number of rotatable bonds is 7. The quantitative estimate of drug-likeness (QED) is 0.732. The van der Waals surface area contributed by atoms with Crippen LogP contribution < -0.4 is 11.1 Å². The molecule has 5 nitrogen and oxygen atoms in total. The minimum absolute atomic E-state index is 0.184. The number of anilines is 2. The monoisotopic (exact) mass is 269 g/mol. The summed E-state index contributed by atoms with van der Waals surface area (Å²) in [4.78, 5) is 13.8. The molecule has 19 heavy (non-hydrogen) atoms. The predicted molar refractivity (Wildman–Crippen MR) is 73.4 cm³/mol. The summed E-state index contributed by atoms with van der Waals surface area (Å²) < 4.78 is 17.8. The van der Waals surface area contributed by atoms with E-state index in [9.17, 15) is 9.18 Å². The Morgan fingerprint density at radius 3 is 2.84 bits per heavy atom. The summed E-state index contributed by atoms with van der Waals surface area (Å²) in [6.45, 7) is 4.21. The van der Waals surface area contributed by atoms with Crippen LogP contribution >= 0.6 is 0 Å². The topological polar surface area (TPSA) is 67.6 Å². The van der Waals surface area contributed by atoms with Crippen LogP contribution in [0, 0.1) is 5.82 Å². The third kappa shape index (κ3) is 5.23. The van der Waals surface area contributed by atoms with Crippen molar-refractivity contribution < 1.29 is 13.9 Å². The molecule has 0 atom stereocenters. The lowest BCUT2D eigenvalue weighted by Gasteiger charge is -2.19. The molecule has 0 bridgehead atoms. The lowest BCUT2D eigenvalue weighted by molar-refractivity contribution is -0.117. The van der Waals surface area contributed by atoms with E-state index in [2.05, 4.69) is 5.32 Å². The van der Waals surface area contributed by atoms with E-state index in [4.69, 9.17) is 10.5 Å². The van der Waals surface area contributed by atoms with Crippen molar-refractivity contribution in [2.75, 3.05) is 44.4 Å². The molecule has 0 aliphatic rings. The second kappa shape index (κ2) is 7.70. The number of nitrogen functional groups attached to an aromatic ring is 1. The molecule has 0 aliphatic heterocycles. The van der Waals surface area contributed by atoms with E-state index in [0.29, 0.717) is 18.8 Å². The minimum atomic E-state index is -0.425. The normalized spacial score (nSPS) is 10.7. The Morgan fingerprint density at radius 1 is 1.53 bits per heavy atom. The number of amides is 1. The molecule has 0 unspecified atom stereocenters. The summed E-state index contributed by atoms with van der Waals surface area (Å²) in [7, 11) is 1.62. The van der Waals surface area contributed by atoms with E-state index < -0.39 is 5.82 Å². The Balaban J connectivity index is 2.54. The van der Waals surface area contributed by atoms with Crippen molar-refractivity contribution >= 4 is 17.3 Å². The molecule has 1 aromatic carbocycles. The molecule has 1 amide bonds. The van der Waals surface area contributed by atoms with E-state index in [1.807, 2.05) is 11.8 Å². The van der Waals surface area contributed by atoms with Gasteiger partial charge in [-0.15, -0.1) is 0 Å². The summed E-state index contributed by atoms with van der Waals surface area (Å²) in [6, 6.07) is 3.89. The number of nitrogens with two attached hydrogens (primary N) is 1. The van der Waals surface area contributed by atoms with Gasteiger partial charge < -0.3 is 15.8 Å². The zero-order chi connectivity index (χ0) is 14.3. The summed E-state index contributed by atoms with van der Waals surface area (Å²) in [5, 5.41) is 2.67. The molecular weight excluding hydrogens is 249 g/mol. The van der Waals surface area contributed by atoms with Crippen LogP contribution in [0.1, 0.15) is 6.92 Å². The molecule has 6 heteroatoms. The fraction of sp³-hybridized carbons (Fsp3) is 0.462. The number of benzene rings is 1. The molecular formula is C13H20FN3O2. The molecule has 0 aliphatic carbocycles. The molecule has 1 aromatic rings. The number of carbonyl (C=O) groups is 1. The number of likely N-dealkylation sites (N-methyl/N-ethyl adjacent to an activating group) is 1. The average Bonchev–Trinajstić information content (AvgIpc) is 2.38. The highest BCUT2D eigenvalue weighted by molar-refractivity contribution is 5.95. The SMILES string of the molecule is CCN(CCOC)CC(=O)Nc1ccc(F)cc1N. The first kappa shape index (κ1) is 15.4. The van der Waals surface area contributed by atoms with E-state index in [0.717, 1.165) is 6.54 Å². The van der Waals surface area contributed by atoms with Gasteiger partial charge in [0.1, 0.15) is 5.82 Å². The zero-order valence-electron chi connectivity index (χ0n) is 11.3. The van der Waals surface area contributed by atoms with Gasteiger partial charge in [-0.3, -0.25) is 9.69 Å². The maximum atomic E-state index is 12.9. The Kier molecular flexibility index (Phi) is 6.24. The summed E-state index contributed by atoms with van der Waals surface area (Å²) >= 11 is 0. The Bertz CT molecular complexity index is 426. The zero-order valence-corrected chi connectivity index (χ0v) is 11.3. The number of halogens is 1. The number of hydrogen-bond donors (Lipinski definition) is 2. The van der Waals surface area contributed by atoms with Crippen LogP contribution in [0.15, 0.2) is 18.2 Å². The summed E-state index contributed by atoms with van der Waals surface area (Å²) in [6.07, 6.45) is 0. The summed E-state index contributed by atoms with van der Waals surface area (Å²) in [5.41, 5.74) is 6.27. The van der Waals surface area contributed by atoms with Crippen LogP contribution in [0.25, 0.3) is 0 Å². The van der Waals surface area contributed by atoms with E-state index in [1.54, 1.807) is 7.11 Å². The first-order valence-electron chi connectivity index (χ1n) is 6.13. The number of nitrogens with zero attached hydrogens (tertiary/aromatic N) is 1. The van der Waals surface area contributed by atoms with Crippen LogP contribution in [-0.4, -0.2) is 44.2 Å². The molecule has 1 rings (SSSR count). The van der Waals surface area contributed by atoms with Crippen molar-refractivity contribution in [3.8, 4) is 0 Å². The lowest BCUT2D eigenvalue weighted by atomic mass is 10.2. The van der Waals surface area contributed by atoms with Crippen molar-refractivity contribution in [2.45, 2.75) is 6.92 Å². The predicted octanol–water partition coefficient (Wildman–Crippen LogP) is 1.31. The molecule has 0 heterocycles. The minimum Gasteiger partial charge on any atom is -0.397 e. The second-order valence-electron chi connectivity index (χ2n) is 4.14. The van der Waals surface area contributed by atoms with Crippen molar-refractivity contribution in [1.29, 1.82) is 0 Å².